The zero-order valence-electron chi connectivity index (χ0n) is 19.2. The average molecular weight is 489 g/mol. The van der Waals surface area contributed by atoms with Gasteiger partial charge in [-0.1, -0.05) is 0 Å². The van der Waals surface area contributed by atoms with E-state index in [0.29, 0.717) is 30.9 Å². The lowest BCUT2D eigenvalue weighted by Crippen LogP contribution is -2.26. The van der Waals surface area contributed by atoms with E-state index in [4.69, 9.17) is 4.74 Å². The first kappa shape index (κ1) is 23.4. The minimum atomic E-state index is -3.00. The van der Waals surface area contributed by atoms with E-state index in [1.807, 2.05) is 30.8 Å². The molecule has 0 bridgehead atoms. The lowest BCUT2D eigenvalue weighted by Gasteiger charge is -2.18. The van der Waals surface area contributed by atoms with Crippen molar-refractivity contribution in [2.45, 2.75) is 46.4 Å². The zero-order chi connectivity index (χ0) is 23.8. The zero-order valence-corrected chi connectivity index (χ0v) is 20.9. The number of thiazole rings is 1. The molecule has 0 N–H and O–H groups in total. The van der Waals surface area contributed by atoms with E-state index in [9.17, 15) is 13.2 Å². The van der Waals surface area contributed by atoms with E-state index in [2.05, 4.69) is 10.1 Å². The number of aryl methyl sites for hydroxylation is 2. The number of aromatic nitrogens is 3. The molecule has 33 heavy (non-hydrogen) atoms. The van der Waals surface area contributed by atoms with E-state index < -0.39 is 9.84 Å². The summed E-state index contributed by atoms with van der Waals surface area (Å²) in [4.78, 5) is 19.0. The molecule has 10 heteroatoms. The lowest BCUT2D eigenvalue weighted by atomic mass is 10.1. The molecule has 0 unspecified atom stereocenters. The standard InChI is InChI=1S/C23H28N4O4S2/c1-15-22(16(2)27(25-15)20-9-10-33(29,30)14-20)11-26(4)23(28)18-5-7-21(8-6-18)31-12-19-13-32-17(3)24-19/h5-8,13,20H,9-12,14H2,1-4H3/t20-/m0/s1. The normalized spacial score (nSPS) is 17.3. The molecular weight excluding hydrogens is 460 g/mol. The molecule has 1 saturated heterocycles. The first-order chi connectivity index (χ1) is 15.6. The number of ether oxygens (including phenoxy) is 1. The number of nitrogens with zero attached hydrogens (tertiary/aromatic N) is 4. The summed E-state index contributed by atoms with van der Waals surface area (Å²) in [6.45, 7) is 6.59. The second-order valence-electron chi connectivity index (χ2n) is 8.48. The van der Waals surface area contributed by atoms with Crippen LogP contribution in [0.4, 0.5) is 0 Å². The fourth-order valence-corrected chi connectivity index (χ4v) is 6.39. The second kappa shape index (κ2) is 9.26. The predicted molar refractivity (Wildman–Crippen MR) is 127 cm³/mol. The Morgan fingerprint density at radius 1 is 1.24 bits per heavy atom. The molecule has 1 aliphatic rings. The Labute approximate surface area is 198 Å². The Bertz CT molecular complexity index is 1260. The van der Waals surface area contributed by atoms with Crippen LogP contribution < -0.4 is 4.74 Å². The minimum Gasteiger partial charge on any atom is -0.487 e. The van der Waals surface area contributed by atoms with Crippen molar-refractivity contribution in [2.75, 3.05) is 18.6 Å². The Hall–Kier alpha value is -2.72. The molecule has 0 spiro atoms. The fraction of sp³-hybridized carbons (Fsp3) is 0.435. The maximum Gasteiger partial charge on any atom is 0.253 e. The third-order valence-corrected chi connectivity index (χ3v) is 8.50. The smallest absolute Gasteiger partial charge is 0.253 e. The summed E-state index contributed by atoms with van der Waals surface area (Å²) in [5, 5.41) is 7.57. The summed E-state index contributed by atoms with van der Waals surface area (Å²) < 4.78 is 31.3. The van der Waals surface area contributed by atoms with Gasteiger partial charge in [-0.25, -0.2) is 13.4 Å². The highest BCUT2D eigenvalue weighted by Gasteiger charge is 2.31. The molecule has 2 aromatic heterocycles. The fourth-order valence-electron chi connectivity index (χ4n) is 4.10. The molecular formula is C23H28N4O4S2. The van der Waals surface area contributed by atoms with Crippen LogP contribution in [0.25, 0.3) is 0 Å². The Morgan fingerprint density at radius 3 is 2.58 bits per heavy atom. The van der Waals surface area contributed by atoms with Crippen LogP contribution in [0.15, 0.2) is 29.6 Å². The molecule has 1 atom stereocenters. The van der Waals surface area contributed by atoms with Crippen molar-refractivity contribution in [1.29, 1.82) is 0 Å². The topological polar surface area (TPSA) is 94.4 Å². The maximum absolute atomic E-state index is 13.0. The SMILES string of the molecule is Cc1nc(COc2ccc(C(=O)N(C)Cc3c(C)nn([C@H]4CCS(=O)(=O)C4)c3C)cc2)cs1. The highest BCUT2D eigenvalue weighted by atomic mass is 32.2. The molecule has 8 nitrogen and oxygen atoms in total. The van der Waals surface area contributed by atoms with Gasteiger partial charge in [0.25, 0.3) is 5.91 Å². The number of rotatable bonds is 7. The minimum absolute atomic E-state index is 0.105. The number of benzene rings is 1. The van der Waals surface area contributed by atoms with Gasteiger partial charge >= 0.3 is 0 Å². The highest BCUT2D eigenvalue weighted by molar-refractivity contribution is 7.91. The molecule has 0 aliphatic carbocycles. The maximum atomic E-state index is 13.0. The molecule has 1 aromatic carbocycles. The summed E-state index contributed by atoms with van der Waals surface area (Å²) in [7, 11) is -1.24. The van der Waals surface area contributed by atoms with Gasteiger partial charge in [0.2, 0.25) is 0 Å². The lowest BCUT2D eigenvalue weighted by molar-refractivity contribution is 0.0784. The van der Waals surface area contributed by atoms with Gasteiger partial charge in [0.15, 0.2) is 9.84 Å². The largest absolute Gasteiger partial charge is 0.487 e. The van der Waals surface area contributed by atoms with Crippen molar-refractivity contribution < 1.29 is 17.9 Å². The number of amides is 1. The molecule has 3 heterocycles. The second-order valence-corrected chi connectivity index (χ2v) is 11.8. The van der Waals surface area contributed by atoms with E-state index in [1.165, 1.54) is 0 Å². The van der Waals surface area contributed by atoms with Crippen molar-refractivity contribution in [3.63, 3.8) is 0 Å². The average Bonchev–Trinajstić information content (AvgIpc) is 3.44. The molecule has 3 aromatic rings. The van der Waals surface area contributed by atoms with Crippen molar-refractivity contribution in [2.24, 2.45) is 0 Å². The van der Waals surface area contributed by atoms with E-state index >= 15 is 0 Å². The van der Waals surface area contributed by atoms with Crippen LogP contribution >= 0.6 is 11.3 Å². The van der Waals surface area contributed by atoms with Gasteiger partial charge in [-0.2, -0.15) is 5.10 Å². The summed E-state index contributed by atoms with van der Waals surface area (Å²) in [5.74, 6) is 0.901. The summed E-state index contributed by atoms with van der Waals surface area (Å²) in [5.41, 5.74) is 4.14. The van der Waals surface area contributed by atoms with Crippen LogP contribution in [0.5, 0.6) is 5.75 Å². The van der Waals surface area contributed by atoms with E-state index in [1.54, 1.807) is 47.5 Å². The quantitative estimate of drug-likeness (QED) is 0.505. The first-order valence-corrected chi connectivity index (χ1v) is 13.5. The Balaban J connectivity index is 1.40. The molecule has 1 amide bonds. The van der Waals surface area contributed by atoms with E-state index in [-0.39, 0.29) is 23.5 Å². The van der Waals surface area contributed by atoms with Crippen LogP contribution in [-0.2, 0) is 23.0 Å². The van der Waals surface area contributed by atoms with E-state index in [0.717, 1.165) is 27.7 Å². The van der Waals surface area contributed by atoms with Crippen LogP contribution in [0.1, 0.15) is 50.5 Å². The molecule has 0 radical (unpaired) electrons. The molecule has 4 rings (SSSR count). The third-order valence-electron chi connectivity index (χ3n) is 5.93. The van der Waals surface area contributed by atoms with Crippen LogP contribution in [0, 0.1) is 20.8 Å². The van der Waals surface area contributed by atoms with Crippen molar-refractivity contribution in [3.05, 3.63) is 62.9 Å². The summed E-state index contributed by atoms with van der Waals surface area (Å²) in [6, 6.07) is 6.95. The summed E-state index contributed by atoms with van der Waals surface area (Å²) >= 11 is 1.59. The van der Waals surface area contributed by atoms with Gasteiger partial charge in [-0.05, 0) is 51.5 Å². The monoisotopic (exact) mass is 488 g/mol. The molecule has 1 fully saturated rings. The number of carbonyl (C=O) groups excluding carboxylic acids is 1. The Kier molecular flexibility index (Phi) is 6.58. The molecule has 176 valence electrons. The number of sulfone groups is 1. The van der Waals surface area contributed by atoms with Gasteiger partial charge in [0.1, 0.15) is 12.4 Å². The summed E-state index contributed by atoms with van der Waals surface area (Å²) in [6.07, 6.45) is 0.578. The van der Waals surface area contributed by atoms with Crippen molar-refractivity contribution >= 4 is 27.1 Å². The molecule has 1 aliphatic heterocycles. The van der Waals surface area contributed by atoms with Gasteiger partial charge in [-0.3, -0.25) is 9.48 Å². The van der Waals surface area contributed by atoms with Crippen molar-refractivity contribution in [1.82, 2.24) is 19.7 Å². The van der Waals surface area contributed by atoms with Gasteiger partial charge in [0.05, 0.1) is 33.9 Å². The van der Waals surface area contributed by atoms with Gasteiger partial charge in [-0.15, -0.1) is 11.3 Å². The molecule has 0 saturated carbocycles. The Morgan fingerprint density at radius 2 is 1.97 bits per heavy atom. The van der Waals surface area contributed by atoms with Crippen molar-refractivity contribution in [3.8, 4) is 5.75 Å². The first-order valence-electron chi connectivity index (χ1n) is 10.8. The number of hydrogen-bond acceptors (Lipinski definition) is 7. The van der Waals surface area contributed by atoms with Gasteiger partial charge < -0.3 is 9.64 Å². The third kappa shape index (κ3) is 5.27. The predicted octanol–water partition coefficient (Wildman–Crippen LogP) is 3.48. The number of carbonyl (C=O) groups is 1. The van der Waals surface area contributed by atoms with Gasteiger partial charge in [0, 0.05) is 35.8 Å². The van der Waals surface area contributed by atoms with Crippen LogP contribution in [0.3, 0.4) is 0 Å². The van der Waals surface area contributed by atoms with Crippen LogP contribution in [0.2, 0.25) is 0 Å². The highest BCUT2D eigenvalue weighted by Crippen LogP contribution is 2.27. The number of hydrogen-bond donors (Lipinski definition) is 0. The van der Waals surface area contributed by atoms with Crippen LogP contribution in [-0.4, -0.2) is 52.5 Å².